The number of anilines is 2. The Bertz CT molecular complexity index is 575. The standard InChI is InChI=1S/C11H10FN3O/c12-7-1-3-9(4-2-7)15-6-8(13)5-10(14)11(15)16/h1-6H,13-14H2. The molecular formula is C11H10FN3O. The Hall–Kier alpha value is -2.30. The summed E-state index contributed by atoms with van der Waals surface area (Å²) in [4.78, 5) is 11.7. The van der Waals surface area contributed by atoms with Gasteiger partial charge in [-0.3, -0.25) is 9.36 Å². The monoisotopic (exact) mass is 219 g/mol. The lowest BCUT2D eigenvalue weighted by molar-refractivity contribution is 0.627. The molecule has 0 saturated carbocycles. The minimum absolute atomic E-state index is 0.0596. The molecule has 0 amide bonds. The third-order valence-electron chi connectivity index (χ3n) is 2.17. The van der Waals surface area contributed by atoms with Crippen molar-refractivity contribution >= 4 is 11.4 Å². The molecule has 16 heavy (non-hydrogen) atoms. The smallest absolute Gasteiger partial charge is 0.278 e. The van der Waals surface area contributed by atoms with E-state index in [-0.39, 0.29) is 17.1 Å². The van der Waals surface area contributed by atoms with E-state index in [9.17, 15) is 9.18 Å². The number of aromatic nitrogens is 1. The Balaban J connectivity index is 2.64. The van der Waals surface area contributed by atoms with E-state index in [4.69, 9.17) is 11.5 Å². The number of benzene rings is 1. The van der Waals surface area contributed by atoms with Gasteiger partial charge in [0, 0.05) is 11.9 Å². The minimum atomic E-state index is -0.374. The number of hydrogen-bond donors (Lipinski definition) is 2. The van der Waals surface area contributed by atoms with E-state index in [0.717, 1.165) is 0 Å². The van der Waals surface area contributed by atoms with Crippen molar-refractivity contribution in [2.45, 2.75) is 0 Å². The molecule has 82 valence electrons. The molecule has 0 radical (unpaired) electrons. The van der Waals surface area contributed by atoms with Crippen LogP contribution in [0.4, 0.5) is 15.8 Å². The number of pyridine rings is 1. The lowest BCUT2D eigenvalue weighted by atomic mass is 10.3. The van der Waals surface area contributed by atoms with Crippen LogP contribution in [0, 0.1) is 5.82 Å². The van der Waals surface area contributed by atoms with E-state index < -0.39 is 0 Å². The molecule has 0 atom stereocenters. The van der Waals surface area contributed by atoms with Gasteiger partial charge in [0.05, 0.1) is 5.69 Å². The predicted molar refractivity (Wildman–Crippen MR) is 60.8 cm³/mol. The molecule has 1 aromatic carbocycles. The van der Waals surface area contributed by atoms with E-state index in [1.807, 2.05) is 0 Å². The summed E-state index contributed by atoms with van der Waals surface area (Å²) in [5.41, 5.74) is 11.7. The molecule has 2 rings (SSSR count). The fraction of sp³-hybridized carbons (Fsp3) is 0. The summed E-state index contributed by atoms with van der Waals surface area (Å²) >= 11 is 0. The second-order valence-electron chi connectivity index (χ2n) is 3.38. The van der Waals surface area contributed by atoms with Crippen LogP contribution in [0.3, 0.4) is 0 Å². The number of nitrogen functional groups attached to an aromatic ring is 2. The Morgan fingerprint density at radius 1 is 1.12 bits per heavy atom. The Kier molecular flexibility index (Phi) is 2.36. The number of rotatable bonds is 1. The van der Waals surface area contributed by atoms with Crippen molar-refractivity contribution in [3.63, 3.8) is 0 Å². The van der Waals surface area contributed by atoms with Crippen LogP contribution in [0.25, 0.3) is 5.69 Å². The number of nitrogens with two attached hydrogens (primary N) is 2. The molecule has 5 heteroatoms. The van der Waals surface area contributed by atoms with Crippen LogP contribution in [-0.4, -0.2) is 4.57 Å². The van der Waals surface area contributed by atoms with Gasteiger partial charge >= 0.3 is 0 Å². The van der Waals surface area contributed by atoms with Gasteiger partial charge in [-0.1, -0.05) is 0 Å². The predicted octanol–water partition coefficient (Wildman–Crippen LogP) is 1.14. The van der Waals surface area contributed by atoms with Gasteiger partial charge in [-0.05, 0) is 30.3 Å². The third kappa shape index (κ3) is 1.75. The SMILES string of the molecule is Nc1cc(N)c(=O)n(-c2ccc(F)cc2)c1. The molecule has 1 heterocycles. The quantitative estimate of drug-likeness (QED) is 0.755. The zero-order valence-electron chi connectivity index (χ0n) is 8.35. The first-order chi connectivity index (χ1) is 7.58. The fourth-order valence-corrected chi connectivity index (χ4v) is 1.42. The largest absolute Gasteiger partial charge is 0.397 e. The van der Waals surface area contributed by atoms with Gasteiger partial charge < -0.3 is 11.5 Å². The Morgan fingerprint density at radius 2 is 1.75 bits per heavy atom. The molecule has 0 aliphatic heterocycles. The molecule has 0 aliphatic rings. The first-order valence-electron chi connectivity index (χ1n) is 4.61. The van der Waals surface area contributed by atoms with Crippen molar-refractivity contribution in [2.24, 2.45) is 0 Å². The second kappa shape index (κ2) is 3.69. The van der Waals surface area contributed by atoms with Gasteiger partial charge in [-0.25, -0.2) is 4.39 Å². The fourth-order valence-electron chi connectivity index (χ4n) is 1.42. The number of halogens is 1. The molecular weight excluding hydrogens is 209 g/mol. The first kappa shape index (κ1) is 10.2. The highest BCUT2D eigenvalue weighted by atomic mass is 19.1. The van der Waals surface area contributed by atoms with Crippen molar-refractivity contribution < 1.29 is 4.39 Å². The summed E-state index contributed by atoms with van der Waals surface area (Å²) < 4.78 is 14.0. The zero-order valence-corrected chi connectivity index (χ0v) is 8.35. The molecule has 0 unspecified atom stereocenters. The lowest BCUT2D eigenvalue weighted by Crippen LogP contribution is -2.21. The Morgan fingerprint density at radius 3 is 2.38 bits per heavy atom. The van der Waals surface area contributed by atoms with Crippen LogP contribution in [0.1, 0.15) is 0 Å². The van der Waals surface area contributed by atoms with Gasteiger partial charge in [0.2, 0.25) is 0 Å². The average Bonchev–Trinajstić information content (AvgIpc) is 2.25. The van der Waals surface area contributed by atoms with Crippen LogP contribution >= 0.6 is 0 Å². The van der Waals surface area contributed by atoms with Crippen molar-refractivity contribution in [1.82, 2.24) is 4.57 Å². The molecule has 4 nitrogen and oxygen atoms in total. The lowest BCUT2D eigenvalue weighted by Gasteiger charge is -2.07. The van der Waals surface area contributed by atoms with Crippen molar-refractivity contribution in [3.05, 3.63) is 52.7 Å². The van der Waals surface area contributed by atoms with Gasteiger partial charge in [-0.2, -0.15) is 0 Å². The van der Waals surface area contributed by atoms with Crippen LogP contribution in [0.5, 0.6) is 0 Å². The van der Waals surface area contributed by atoms with Crippen molar-refractivity contribution in [1.29, 1.82) is 0 Å². The highest BCUT2D eigenvalue weighted by Crippen LogP contribution is 2.10. The maximum Gasteiger partial charge on any atom is 0.278 e. The summed E-state index contributed by atoms with van der Waals surface area (Å²) in [7, 11) is 0. The molecule has 0 spiro atoms. The Labute approximate surface area is 90.9 Å². The summed E-state index contributed by atoms with van der Waals surface area (Å²) in [6.45, 7) is 0. The van der Waals surface area contributed by atoms with Crippen molar-refractivity contribution in [2.75, 3.05) is 11.5 Å². The highest BCUT2D eigenvalue weighted by molar-refractivity contribution is 5.51. The van der Waals surface area contributed by atoms with Gasteiger partial charge in [0.25, 0.3) is 5.56 Å². The molecule has 0 saturated heterocycles. The van der Waals surface area contributed by atoms with E-state index in [2.05, 4.69) is 0 Å². The van der Waals surface area contributed by atoms with Gasteiger partial charge in [0.15, 0.2) is 0 Å². The van der Waals surface area contributed by atoms with Crippen molar-refractivity contribution in [3.8, 4) is 5.69 Å². The summed E-state index contributed by atoms with van der Waals surface area (Å²) in [6, 6.07) is 6.88. The minimum Gasteiger partial charge on any atom is -0.397 e. The molecule has 4 N–H and O–H groups in total. The van der Waals surface area contributed by atoms with Gasteiger partial charge in [0.1, 0.15) is 11.5 Å². The molecule has 1 aromatic heterocycles. The van der Waals surface area contributed by atoms with Crippen LogP contribution < -0.4 is 17.0 Å². The number of hydrogen-bond acceptors (Lipinski definition) is 3. The third-order valence-corrected chi connectivity index (χ3v) is 2.17. The van der Waals surface area contributed by atoms with Crippen LogP contribution in [0.15, 0.2) is 41.3 Å². The van der Waals surface area contributed by atoms with E-state index >= 15 is 0 Å². The van der Waals surface area contributed by atoms with E-state index in [1.165, 1.54) is 41.1 Å². The van der Waals surface area contributed by atoms with Crippen LogP contribution in [-0.2, 0) is 0 Å². The highest BCUT2D eigenvalue weighted by Gasteiger charge is 2.04. The second-order valence-corrected chi connectivity index (χ2v) is 3.38. The topological polar surface area (TPSA) is 74.0 Å². The molecule has 0 fully saturated rings. The summed E-state index contributed by atoms with van der Waals surface area (Å²) in [5, 5.41) is 0. The number of nitrogens with zero attached hydrogens (tertiary/aromatic N) is 1. The normalized spacial score (nSPS) is 10.3. The molecule has 0 aliphatic carbocycles. The zero-order chi connectivity index (χ0) is 11.7. The van der Waals surface area contributed by atoms with E-state index in [1.54, 1.807) is 0 Å². The van der Waals surface area contributed by atoms with Gasteiger partial charge in [-0.15, -0.1) is 0 Å². The molecule has 0 bridgehead atoms. The molecule has 2 aromatic rings. The maximum atomic E-state index is 12.7. The van der Waals surface area contributed by atoms with E-state index in [0.29, 0.717) is 11.4 Å². The summed E-state index contributed by atoms with van der Waals surface area (Å²) in [6.07, 6.45) is 1.45. The first-order valence-corrected chi connectivity index (χ1v) is 4.61. The summed E-state index contributed by atoms with van der Waals surface area (Å²) in [5.74, 6) is -0.367. The van der Waals surface area contributed by atoms with Crippen LogP contribution in [0.2, 0.25) is 0 Å². The maximum absolute atomic E-state index is 12.7. The average molecular weight is 219 g/mol.